The van der Waals surface area contributed by atoms with E-state index in [9.17, 15) is 4.79 Å². The number of carbonyl (C=O) groups excluding carboxylic acids is 1. The van der Waals surface area contributed by atoms with Crippen LogP contribution >= 0.6 is 11.8 Å². The molecule has 31 heavy (non-hydrogen) atoms. The average Bonchev–Trinajstić information content (AvgIpc) is 3.04. The predicted octanol–water partition coefficient (Wildman–Crippen LogP) is 4.36. The number of aryl methyl sites for hydroxylation is 1. The minimum atomic E-state index is -0.224. The van der Waals surface area contributed by atoms with Gasteiger partial charge in [-0.25, -0.2) is 4.68 Å². The van der Waals surface area contributed by atoms with Crippen molar-refractivity contribution in [1.82, 2.24) is 9.78 Å². The lowest BCUT2D eigenvalue weighted by Crippen LogP contribution is -2.22. The Hall–Kier alpha value is -3.37. The Morgan fingerprint density at radius 1 is 1.16 bits per heavy atom. The van der Waals surface area contributed by atoms with E-state index in [-0.39, 0.29) is 23.0 Å². The summed E-state index contributed by atoms with van der Waals surface area (Å²) in [5.74, 6) is 4.60. The fourth-order valence-corrected chi connectivity index (χ4v) is 4.87. The number of benzene rings is 2. The number of ether oxygens (including phenoxy) is 2. The van der Waals surface area contributed by atoms with Gasteiger partial charge in [0.1, 0.15) is 23.9 Å². The number of hydrogen-bond acceptors (Lipinski definition) is 5. The van der Waals surface area contributed by atoms with Gasteiger partial charge in [-0.15, -0.1) is 18.2 Å². The number of fused-ring (bicyclic) bond motifs is 1. The van der Waals surface area contributed by atoms with Crippen LogP contribution in [0.2, 0.25) is 0 Å². The monoisotopic (exact) mass is 433 g/mol. The highest BCUT2D eigenvalue weighted by molar-refractivity contribution is 8.01. The fraction of sp³-hybridized carbons (Fsp3) is 0.250. The minimum Gasteiger partial charge on any atom is -0.497 e. The van der Waals surface area contributed by atoms with Crippen LogP contribution in [-0.4, -0.2) is 34.7 Å². The van der Waals surface area contributed by atoms with Gasteiger partial charge in [0.15, 0.2) is 0 Å². The zero-order chi connectivity index (χ0) is 22.0. The van der Waals surface area contributed by atoms with E-state index in [0.29, 0.717) is 11.6 Å². The number of terminal acetylenes is 1. The van der Waals surface area contributed by atoms with Gasteiger partial charge in [-0.1, -0.05) is 18.1 Å². The van der Waals surface area contributed by atoms with Crippen LogP contribution in [0, 0.1) is 19.3 Å². The number of thioether (sulfide) groups is 1. The van der Waals surface area contributed by atoms with E-state index >= 15 is 0 Å². The molecule has 1 aliphatic heterocycles. The quantitative estimate of drug-likeness (QED) is 0.606. The molecule has 1 aliphatic rings. The van der Waals surface area contributed by atoms with Crippen molar-refractivity contribution in [2.45, 2.75) is 24.3 Å². The molecule has 6 nitrogen and oxygen atoms in total. The summed E-state index contributed by atoms with van der Waals surface area (Å²) >= 11 is 1.61. The maximum atomic E-state index is 12.8. The number of aromatic nitrogens is 2. The fourth-order valence-electron chi connectivity index (χ4n) is 3.55. The van der Waals surface area contributed by atoms with Crippen molar-refractivity contribution in [3.63, 3.8) is 0 Å². The van der Waals surface area contributed by atoms with Crippen LogP contribution in [-0.2, 0) is 4.79 Å². The number of amides is 1. The summed E-state index contributed by atoms with van der Waals surface area (Å²) in [6, 6.07) is 15.4. The van der Waals surface area contributed by atoms with E-state index in [4.69, 9.17) is 21.0 Å². The lowest BCUT2D eigenvalue weighted by molar-refractivity contribution is -0.115. The van der Waals surface area contributed by atoms with E-state index in [0.717, 1.165) is 28.3 Å². The van der Waals surface area contributed by atoms with Crippen molar-refractivity contribution in [1.29, 1.82) is 0 Å². The third kappa shape index (κ3) is 4.12. The molecule has 0 aliphatic carbocycles. The topological polar surface area (TPSA) is 65.4 Å². The van der Waals surface area contributed by atoms with Crippen LogP contribution in [0.1, 0.15) is 29.0 Å². The highest BCUT2D eigenvalue weighted by Crippen LogP contribution is 2.46. The van der Waals surface area contributed by atoms with Crippen molar-refractivity contribution >= 4 is 23.5 Å². The molecule has 2 heterocycles. The number of nitrogens with one attached hydrogen (secondary N) is 1. The summed E-state index contributed by atoms with van der Waals surface area (Å²) in [7, 11) is 1.63. The molecule has 2 atom stereocenters. The summed E-state index contributed by atoms with van der Waals surface area (Å²) in [5, 5.41) is 7.56. The molecule has 7 heteroatoms. The molecular weight excluding hydrogens is 410 g/mol. The molecule has 0 radical (unpaired) electrons. The largest absolute Gasteiger partial charge is 0.497 e. The van der Waals surface area contributed by atoms with Crippen LogP contribution in [0.4, 0.5) is 5.82 Å². The number of anilines is 1. The molecule has 0 unspecified atom stereocenters. The summed E-state index contributed by atoms with van der Waals surface area (Å²) < 4.78 is 12.5. The normalized spacial score (nSPS) is 17.8. The Bertz CT molecular complexity index is 1130. The molecule has 1 N–H and O–H groups in total. The second kappa shape index (κ2) is 8.78. The van der Waals surface area contributed by atoms with Gasteiger partial charge in [-0.2, -0.15) is 5.10 Å². The molecule has 0 saturated heterocycles. The summed E-state index contributed by atoms with van der Waals surface area (Å²) in [4.78, 5) is 12.8. The van der Waals surface area contributed by atoms with Gasteiger partial charge >= 0.3 is 0 Å². The first-order valence-corrected chi connectivity index (χ1v) is 10.8. The molecule has 158 valence electrons. The molecule has 4 rings (SSSR count). The first-order chi connectivity index (χ1) is 15.0. The molecule has 2 aromatic carbocycles. The second-order valence-electron chi connectivity index (χ2n) is 7.17. The van der Waals surface area contributed by atoms with Gasteiger partial charge in [-0.05, 0) is 55.8 Å². The lowest BCUT2D eigenvalue weighted by atomic mass is 10.0. The van der Waals surface area contributed by atoms with Gasteiger partial charge in [-0.3, -0.25) is 4.79 Å². The van der Waals surface area contributed by atoms with Crippen LogP contribution < -0.4 is 14.8 Å². The van der Waals surface area contributed by atoms with E-state index in [1.807, 2.05) is 62.4 Å². The highest BCUT2D eigenvalue weighted by atomic mass is 32.2. The van der Waals surface area contributed by atoms with E-state index in [2.05, 4.69) is 11.2 Å². The van der Waals surface area contributed by atoms with Crippen LogP contribution in [0.3, 0.4) is 0 Å². The number of methoxy groups -OCH3 is 1. The SMILES string of the molecule is C#CCOc1ccc([C@@H]2S[C@@H](C)C(=O)Nc3c2c(C)nn3-c2ccc(OC)cc2)cc1. The maximum absolute atomic E-state index is 12.8. The molecule has 0 spiro atoms. The molecule has 1 amide bonds. The van der Waals surface area contributed by atoms with Gasteiger partial charge < -0.3 is 14.8 Å². The summed E-state index contributed by atoms with van der Waals surface area (Å²) in [6.07, 6.45) is 5.27. The molecule has 3 aromatic rings. The van der Waals surface area contributed by atoms with Gasteiger partial charge in [0.05, 0.1) is 29.0 Å². The Morgan fingerprint density at radius 2 is 1.84 bits per heavy atom. The standard InChI is InChI=1S/C24H23N3O3S/c1-5-14-30-20-10-6-17(7-11-20)22-21-15(2)26-27(18-8-12-19(29-4)13-9-18)23(21)25-24(28)16(3)31-22/h1,6-13,16,22H,14H2,2-4H3,(H,25,28)/t16-,22-/m0/s1. The Morgan fingerprint density at radius 3 is 2.48 bits per heavy atom. The number of hydrogen-bond donors (Lipinski definition) is 1. The molecule has 0 fully saturated rings. The molecule has 0 saturated carbocycles. The number of nitrogens with zero attached hydrogens (tertiary/aromatic N) is 2. The zero-order valence-electron chi connectivity index (χ0n) is 17.6. The second-order valence-corrected chi connectivity index (χ2v) is 8.62. The molecular formula is C24H23N3O3S. The molecule has 0 bridgehead atoms. The van der Waals surface area contributed by atoms with E-state index < -0.39 is 0 Å². The van der Waals surface area contributed by atoms with Crippen molar-refractivity contribution in [3.8, 4) is 29.5 Å². The Labute approximate surface area is 185 Å². The van der Waals surface area contributed by atoms with Gasteiger partial charge in [0.2, 0.25) is 5.91 Å². The summed E-state index contributed by atoms with van der Waals surface area (Å²) in [5.41, 5.74) is 3.78. The minimum absolute atomic E-state index is 0.0441. The van der Waals surface area contributed by atoms with Crippen molar-refractivity contribution in [3.05, 3.63) is 65.4 Å². The first kappa shape index (κ1) is 20.9. The first-order valence-electron chi connectivity index (χ1n) is 9.88. The van der Waals surface area contributed by atoms with E-state index in [1.165, 1.54) is 0 Å². The van der Waals surface area contributed by atoms with Crippen LogP contribution in [0.5, 0.6) is 11.5 Å². The Kier molecular flexibility index (Phi) is 5.92. The molecule has 1 aromatic heterocycles. The maximum Gasteiger partial charge on any atom is 0.238 e. The smallest absolute Gasteiger partial charge is 0.238 e. The van der Waals surface area contributed by atoms with Gasteiger partial charge in [0.25, 0.3) is 0 Å². The number of rotatable bonds is 5. The Balaban J connectivity index is 1.78. The lowest BCUT2D eigenvalue weighted by Gasteiger charge is -2.18. The average molecular weight is 434 g/mol. The van der Waals surface area contributed by atoms with E-state index in [1.54, 1.807) is 23.6 Å². The highest BCUT2D eigenvalue weighted by Gasteiger charge is 2.34. The number of carbonyl (C=O) groups is 1. The third-order valence-corrected chi connectivity index (χ3v) is 6.54. The van der Waals surface area contributed by atoms with Crippen molar-refractivity contribution < 1.29 is 14.3 Å². The van der Waals surface area contributed by atoms with Crippen molar-refractivity contribution in [2.75, 3.05) is 19.0 Å². The zero-order valence-corrected chi connectivity index (χ0v) is 18.4. The summed E-state index contributed by atoms with van der Waals surface area (Å²) in [6.45, 7) is 4.12. The van der Waals surface area contributed by atoms with Gasteiger partial charge in [0, 0.05) is 5.56 Å². The van der Waals surface area contributed by atoms with Crippen LogP contribution in [0.25, 0.3) is 5.69 Å². The third-order valence-electron chi connectivity index (χ3n) is 5.14. The predicted molar refractivity (Wildman–Crippen MR) is 123 cm³/mol. The van der Waals surface area contributed by atoms with Crippen LogP contribution in [0.15, 0.2) is 48.5 Å². The van der Waals surface area contributed by atoms with Crippen molar-refractivity contribution in [2.24, 2.45) is 0 Å².